The molecule has 1 aliphatic heterocycles. The highest BCUT2D eigenvalue weighted by Gasteiger charge is 2.15. The van der Waals surface area contributed by atoms with Crippen molar-refractivity contribution in [1.29, 1.82) is 0 Å². The van der Waals surface area contributed by atoms with Crippen LogP contribution >= 0.6 is 15.9 Å². The topological polar surface area (TPSA) is 49.0 Å². The fourth-order valence-electron chi connectivity index (χ4n) is 3.15. The van der Waals surface area contributed by atoms with E-state index in [0.717, 1.165) is 32.8 Å². The van der Waals surface area contributed by atoms with Gasteiger partial charge in [-0.15, -0.1) is 0 Å². The first-order valence-corrected chi connectivity index (χ1v) is 10.1. The maximum Gasteiger partial charge on any atom is 0.231 e. The monoisotopic (exact) mass is 455 g/mol. The second kappa shape index (κ2) is 8.66. The Bertz CT molecular complexity index is 1020. The largest absolute Gasteiger partial charge is 0.493 e. The Morgan fingerprint density at radius 2 is 1.86 bits per heavy atom. The van der Waals surface area contributed by atoms with Crippen LogP contribution in [0.2, 0.25) is 0 Å². The van der Waals surface area contributed by atoms with Gasteiger partial charge in [0.2, 0.25) is 6.79 Å². The molecule has 0 aliphatic carbocycles. The molecule has 0 amide bonds. The number of anilines is 1. The average molecular weight is 456 g/mol. The van der Waals surface area contributed by atoms with Crippen LogP contribution < -0.4 is 24.3 Å². The van der Waals surface area contributed by atoms with Gasteiger partial charge in [-0.3, -0.25) is 0 Å². The summed E-state index contributed by atoms with van der Waals surface area (Å²) in [6, 6.07) is 18.0. The van der Waals surface area contributed by atoms with Gasteiger partial charge in [0.1, 0.15) is 6.61 Å². The molecular formula is C23H22BrNO4. The molecule has 0 aromatic heterocycles. The van der Waals surface area contributed by atoms with E-state index in [1.807, 2.05) is 42.5 Å². The molecule has 0 spiro atoms. The molecule has 0 saturated heterocycles. The van der Waals surface area contributed by atoms with E-state index in [2.05, 4.69) is 40.3 Å². The summed E-state index contributed by atoms with van der Waals surface area (Å²) in [6.07, 6.45) is 0. The minimum absolute atomic E-state index is 0.271. The Morgan fingerprint density at radius 1 is 1.03 bits per heavy atom. The molecule has 0 bridgehead atoms. The van der Waals surface area contributed by atoms with Crippen molar-refractivity contribution in [1.82, 2.24) is 0 Å². The van der Waals surface area contributed by atoms with Gasteiger partial charge >= 0.3 is 0 Å². The van der Waals surface area contributed by atoms with Gasteiger partial charge in [0.25, 0.3) is 0 Å². The number of halogens is 1. The van der Waals surface area contributed by atoms with E-state index < -0.39 is 0 Å². The summed E-state index contributed by atoms with van der Waals surface area (Å²) in [6.45, 7) is 3.46. The number of hydrogen-bond acceptors (Lipinski definition) is 5. The van der Waals surface area contributed by atoms with Gasteiger partial charge < -0.3 is 24.3 Å². The predicted octanol–water partition coefficient (Wildman–Crippen LogP) is 5.69. The van der Waals surface area contributed by atoms with Crippen LogP contribution in [0, 0.1) is 6.92 Å². The molecule has 5 nitrogen and oxygen atoms in total. The second-order valence-electron chi connectivity index (χ2n) is 6.75. The molecule has 6 heteroatoms. The van der Waals surface area contributed by atoms with Gasteiger partial charge in [0.05, 0.1) is 11.6 Å². The van der Waals surface area contributed by atoms with E-state index in [1.54, 1.807) is 7.11 Å². The molecule has 0 atom stereocenters. The lowest BCUT2D eigenvalue weighted by Crippen LogP contribution is -2.03. The van der Waals surface area contributed by atoms with E-state index in [-0.39, 0.29) is 6.79 Å². The summed E-state index contributed by atoms with van der Waals surface area (Å²) >= 11 is 3.63. The molecule has 1 heterocycles. The van der Waals surface area contributed by atoms with Crippen LogP contribution in [-0.4, -0.2) is 13.9 Å². The number of nitrogens with one attached hydrogen (secondary N) is 1. The minimum Gasteiger partial charge on any atom is -0.493 e. The smallest absolute Gasteiger partial charge is 0.231 e. The van der Waals surface area contributed by atoms with Crippen molar-refractivity contribution in [3.63, 3.8) is 0 Å². The average Bonchev–Trinajstić information content (AvgIpc) is 3.20. The first kappa shape index (κ1) is 19.5. The zero-order valence-corrected chi connectivity index (χ0v) is 17.9. The van der Waals surface area contributed by atoms with Gasteiger partial charge in [0, 0.05) is 18.3 Å². The van der Waals surface area contributed by atoms with Gasteiger partial charge in [-0.25, -0.2) is 0 Å². The van der Waals surface area contributed by atoms with Gasteiger partial charge in [-0.1, -0.05) is 24.3 Å². The molecule has 4 rings (SSSR count). The Morgan fingerprint density at radius 3 is 2.69 bits per heavy atom. The Balaban J connectivity index is 1.46. The summed E-state index contributed by atoms with van der Waals surface area (Å²) in [5, 5.41) is 3.40. The molecule has 3 aromatic carbocycles. The Hall–Kier alpha value is -2.86. The highest BCUT2D eigenvalue weighted by atomic mass is 79.9. The summed E-state index contributed by atoms with van der Waals surface area (Å²) in [4.78, 5) is 0. The molecule has 0 fully saturated rings. The third-order valence-electron chi connectivity index (χ3n) is 4.79. The summed E-state index contributed by atoms with van der Waals surface area (Å²) in [5.74, 6) is 2.92. The quantitative estimate of drug-likeness (QED) is 0.496. The van der Waals surface area contributed by atoms with Crippen LogP contribution in [0.5, 0.6) is 23.0 Å². The summed E-state index contributed by atoms with van der Waals surface area (Å²) < 4.78 is 23.3. The van der Waals surface area contributed by atoms with Crippen LogP contribution in [0.4, 0.5) is 5.69 Å². The SMILES string of the molecule is COc1cc(CNc2ccc3c(c2)OCO3)cc(Br)c1OCc1ccccc1C. The van der Waals surface area contributed by atoms with Crippen molar-refractivity contribution < 1.29 is 18.9 Å². The number of ether oxygens (including phenoxy) is 4. The Kier molecular flexibility index (Phi) is 5.81. The van der Waals surface area contributed by atoms with Crippen LogP contribution in [0.3, 0.4) is 0 Å². The first-order valence-electron chi connectivity index (χ1n) is 9.31. The highest BCUT2D eigenvalue weighted by Crippen LogP contribution is 2.38. The van der Waals surface area contributed by atoms with Gasteiger partial charge in [0.15, 0.2) is 23.0 Å². The molecule has 150 valence electrons. The third kappa shape index (κ3) is 4.43. The van der Waals surface area contributed by atoms with Crippen molar-refractivity contribution in [2.45, 2.75) is 20.1 Å². The molecule has 29 heavy (non-hydrogen) atoms. The number of aryl methyl sites for hydroxylation is 1. The lowest BCUT2D eigenvalue weighted by atomic mass is 10.1. The Labute approximate surface area is 178 Å². The van der Waals surface area contributed by atoms with Crippen molar-refractivity contribution in [3.05, 3.63) is 75.8 Å². The third-order valence-corrected chi connectivity index (χ3v) is 5.38. The highest BCUT2D eigenvalue weighted by molar-refractivity contribution is 9.10. The number of hydrogen-bond donors (Lipinski definition) is 1. The summed E-state index contributed by atoms with van der Waals surface area (Å²) in [5.41, 5.74) is 4.38. The van der Waals surface area contributed by atoms with Crippen LogP contribution in [0.15, 0.2) is 59.1 Å². The standard InChI is InChI=1S/C23H22BrNO4/c1-15-5-3-4-6-17(15)13-27-23-19(24)9-16(10-22(23)26-2)12-25-18-7-8-20-21(11-18)29-14-28-20/h3-11,25H,12-14H2,1-2H3. The van der Waals surface area contributed by atoms with E-state index in [9.17, 15) is 0 Å². The second-order valence-corrected chi connectivity index (χ2v) is 7.60. The molecule has 0 radical (unpaired) electrons. The van der Waals surface area contributed by atoms with Crippen molar-refractivity contribution >= 4 is 21.6 Å². The van der Waals surface area contributed by atoms with E-state index in [1.165, 1.54) is 5.56 Å². The fraction of sp³-hybridized carbons (Fsp3) is 0.217. The zero-order valence-electron chi connectivity index (χ0n) is 16.3. The first-order chi connectivity index (χ1) is 14.1. The fourth-order valence-corrected chi connectivity index (χ4v) is 3.75. The zero-order chi connectivity index (χ0) is 20.2. The molecule has 1 N–H and O–H groups in total. The van der Waals surface area contributed by atoms with Gasteiger partial charge in [-0.2, -0.15) is 0 Å². The van der Waals surface area contributed by atoms with Crippen LogP contribution in [0.25, 0.3) is 0 Å². The van der Waals surface area contributed by atoms with Crippen molar-refractivity contribution in [2.24, 2.45) is 0 Å². The molecule has 0 unspecified atom stereocenters. The molecule has 1 aliphatic rings. The lowest BCUT2D eigenvalue weighted by molar-refractivity contribution is 0.174. The van der Waals surface area contributed by atoms with Crippen molar-refractivity contribution in [3.8, 4) is 23.0 Å². The van der Waals surface area contributed by atoms with E-state index in [4.69, 9.17) is 18.9 Å². The number of benzene rings is 3. The maximum atomic E-state index is 6.07. The van der Waals surface area contributed by atoms with Crippen molar-refractivity contribution in [2.75, 3.05) is 19.2 Å². The predicted molar refractivity (Wildman–Crippen MR) is 116 cm³/mol. The molecule has 3 aromatic rings. The summed E-state index contributed by atoms with van der Waals surface area (Å²) in [7, 11) is 1.65. The number of fused-ring (bicyclic) bond motifs is 1. The number of methoxy groups -OCH3 is 1. The van der Waals surface area contributed by atoms with E-state index >= 15 is 0 Å². The normalized spacial score (nSPS) is 12.0. The molecular weight excluding hydrogens is 434 g/mol. The minimum atomic E-state index is 0.271. The van der Waals surface area contributed by atoms with Crippen LogP contribution in [0.1, 0.15) is 16.7 Å². The molecule has 0 saturated carbocycles. The van der Waals surface area contributed by atoms with Gasteiger partial charge in [-0.05, 0) is 63.8 Å². The number of rotatable bonds is 7. The van der Waals surface area contributed by atoms with E-state index in [0.29, 0.717) is 24.7 Å². The lowest BCUT2D eigenvalue weighted by Gasteiger charge is -2.16. The maximum absolute atomic E-state index is 6.07. The van der Waals surface area contributed by atoms with Crippen LogP contribution in [-0.2, 0) is 13.2 Å².